The van der Waals surface area contributed by atoms with Gasteiger partial charge in [0.05, 0.1) is 9.92 Å². The smallest absolute Gasteiger partial charge is 0.175 e. The molecule has 7 heteroatoms. The summed E-state index contributed by atoms with van der Waals surface area (Å²) < 4.78 is 28.2. The Kier molecular flexibility index (Phi) is 4.52. The molecular formula is C13H11Cl2NO3S. The number of rotatable bonds is 4. The molecule has 1 aromatic heterocycles. The highest BCUT2D eigenvalue weighted by Gasteiger charge is 2.07. The molecule has 0 bridgehead atoms. The van der Waals surface area contributed by atoms with Gasteiger partial charge < -0.3 is 4.74 Å². The van der Waals surface area contributed by atoms with Crippen LogP contribution in [0.15, 0.2) is 41.4 Å². The van der Waals surface area contributed by atoms with E-state index in [1.165, 1.54) is 24.4 Å². The van der Waals surface area contributed by atoms with Crippen molar-refractivity contribution in [3.63, 3.8) is 0 Å². The zero-order chi connectivity index (χ0) is 14.8. The van der Waals surface area contributed by atoms with Crippen LogP contribution in [0.2, 0.25) is 10.2 Å². The van der Waals surface area contributed by atoms with Crippen molar-refractivity contribution in [2.75, 3.05) is 6.26 Å². The quantitative estimate of drug-likeness (QED) is 0.806. The number of hydrogen-bond donors (Lipinski definition) is 0. The molecule has 0 aliphatic carbocycles. The number of aromatic nitrogens is 1. The normalized spacial score (nSPS) is 11.3. The predicted molar refractivity (Wildman–Crippen MR) is 78.1 cm³/mol. The number of benzene rings is 1. The molecule has 0 saturated heterocycles. The summed E-state index contributed by atoms with van der Waals surface area (Å²) in [5.74, 6) is 0.545. The third-order valence-electron chi connectivity index (χ3n) is 2.54. The average Bonchev–Trinajstić information content (AvgIpc) is 2.37. The Balaban J connectivity index is 2.08. The summed E-state index contributed by atoms with van der Waals surface area (Å²) in [7, 11) is -3.20. The summed E-state index contributed by atoms with van der Waals surface area (Å²) in [6.07, 6.45) is 2.69. The second-order valence-corrected chi connectivity index (χ2v) is 6.94. The predicted octanol–water partition coefficient (Wildman–Crippen LogP) is 3.37. The van der Waals surface area contributed by atoms with Crippen LogP contribution in [0.4, 0.5) is 0 Å². The van der Waals surface area contributed by atoms with Crippen molar-refractivity contribution in [1.29, 1.82) is 0 Å². The molecule has 0 saturated carbocycles. The summed E-state index contributed by atoms with van der Waals surface area (Å²) >= 11 is 11.7. The van der Waals surface area contributed by atoms with Crippen molar-refractivity contribution >= 4 is 33.0 Å². The molecule has 2 rings (SSSR count). The number of sulfone groups is 1. The van der Waals surface area contributed by atoms with Crippen LogP contribution in [-0.2, 0) is 16.4 Å². The molecule has 1 aromatic carbocycles. The summed E-state index contributed by atoms with van der Waals surface area (Å²) in [4.78, 5) is 4.17. The van der Waals surface area contributed by atoms with Gasteiger partial charge >= 0.3 is 0 Å². The molecule has 20 heavy (non-hydrogen) atoms. The van der Waals surface area contributed by atoms with Crippen LogP contribution in [-0.4, -0.2) is 19.7 Å². The number of pyridine rings is 1. The lowest BCUT2D eigenvalue weighted by Gasteiger charge is -2.08. The summed E-state index contributed by atoms with van der Waals surface area (Å²) in [6.45, 7) is 0.223. The van der Waals surface area contributed by atoms with E-state index in [9.17, 15) is 8.42 Å². The van der Waals surface area contributed by atoms with Crippen molar-refractivity contribution in [3.8, 4) is 5.75 Å². The molecule has 106 valence electrons. The Morgan fingerprint density at radius 1 is 1.20 bits per heavy atom. The Labute approximate surface area is 127 Å². The molecule has 0 aliphatic heterocycles. The van der Waals surface area contributed by atoms with Gasteiger partial charge in [0.15, 0.2) is 9.84 Å². The van der Waals surface area contributed by atoms with Crippen LogP contribution in [0.5, 0.6) is 5.75 Å². The summed E-state index contributed by atoms with van der Waals surface area (Å²) in [6, 6.07) is 7.70. The average molecular weight is 332 g/mol. The number of ether oxygens (including phenoxy) is 1. The lowest BCUT2D eigenvalue weighted by Crippen LogP contribution is -1.99. The van der Waals surface area contributed by atoms with Crippen molar-refractivity contribution in [3.05, 3.63) is 52.3 Å². The Morgan fingerprint density at radius 3 is 2.40 bits per heavy atom. The molecule has 0 unspecified atom stereocenters. The first-order valence-electron chi connectivity index (χ1n) is 5.59. The maximum atomic E-state index is 11.3. The minimum atomic E-state index is -3.20. The van der Waals surface area contributed by atoms with Gasteiger partial charge in [-0.2, -0.15) is 0 Å². The van der Waals surface area contributed by atoms with E-state index in [0.29, 0.717) is 21.5 Å². The Bertz CT molecular complexity index is 715. The second-order valence-electron chi connectivity index (χ2n) is 4.13. The fraction of sp³-hybridized carbons (Fsp3) is 0.154. The van der Waals surface area contributed by atoms with Gasteiger partial charge in [-0.1, -0.05) is 23.2 Å². The lowest BCUT2D eigenvalue weighted by atomic mass is 10.3. The molecule has 0 radical (unpaired) electrons. The Hall–Kier alpha value is -1.30. The molecule has 0 amide bonds. The van der Waals surface area contributed by atoms with Crippen LogP contribution < -0.4 is 4.74 Å². The minimum Gasteiger partial charge on any atom is -0.489 e. The maximum Gasteiger partial charge on any atom is 0.175 e. The highest BCUT2D eigenvalue weighted by Crippen LogP contribution is 2.21. The van der Waals surface area contributed by atoms with E-state index >= 15 is 0 Å². The number of hydrogen-bond acceptors (Lipinski definition) is 4. The van der Waals surface area contributed by atoms with Crippen molar-refractivity contribution in [1.82, 2.24) is 4.98 Å². The third-order valence-corrected chi connectivity index (χ3v) is 4.23. The SMILES string of the molecule is CS(=O)(=O)c1ccc(OCc2cnc(Cl)cc2Cl)cc1. The molecule has 1 heterocycles. The van der Waals surface area contributed by atoms with Gasteiger partial charge in [0.2, 0.25) is 0 Å². The Morgan fingerprint density at radius 2 is 1.85 bits per heavy atom. The maximum absolute atomic E-state index is 11.3. The van der Waals surface area contributed by atoms with Crippen LogP contribution in [0.3, 0.4) is 0 Å². The molecule has 2 aromatic rings. The molecule has 0 atom stereocenters. The van der Waals surface area contributed by atoms with Crippen LogP contribution in [0.25, 0.3) is 0 Å². The fourth-order valence-corrected chi connectivity index (χ4v) is 2.54. The fourth-order valence-electron chi connectivity index (χ4n) is 1.49. The van der Waals surface area contributed by atoms with Gasteiger partial charge in [0, 0.05) is 18.0 Å². The summed E-state index contributed by atoms with van der Waals surface area (Å²) in [5, 5.41) is 0.786. The molecular weight excluding hydrogens is 321 g/mol. The first-order chi connectivity index (χ1) is 9.36. The third kappa shape index (κ3) is 3.85. The van der Waals surface area contributed by atoms with E-state index in [1.54, 1.807) is 12.1 Å². The first kappa shape index (κ1) is 15.1. The zero-order valence-electron chi connectivity index (χ0n) is 10.5. The minimum absolute atomic E-state index is 0.223. The lowest BCUT2D eigenvalue weighted by molar-refractivity contribution is 0.305. The number of nitrogens with zero attached hydrogens (tertiary/aromatic N) is 1. The van der Waals surface area contributed by atoms with E-state index in [4.69, 9.17) is 27.9 Å². The van der Waals surface area contributed by atoms with Crippen molar-refractivity contribution < 1.29 is 13.2 Å². The molecule has 0 spiro atoms. The van der Waals surface area contributed by atoms with Crippen LogP contribution >= 0.6 is 23.2 Å². The second kappa shape index (κ2) is 5.99. The first-order valence-corrected chi connectivity index (χ1v) is 8.24. The van der Waals surface area contributed by atoms with Crippen LogP contribution in [0.1, 0.15) is 5.56 Å². The van der Waals surface area contributed by atoms with E-state index in [-0.39, 0.29) is 11.5 Å². The highest BCUT2D eigenvalue weighted by atomic mass is 35.5. The van der Waals surface area contributed by atoms with Gasteiger partial charge in [-0.25, -0.2) is 13.4 Å². The zero-order valence-corrected chi connectivity index (χ0v) is 12.8. The van der Waals surface area contributed by atoms with E-state index in [1.807, 2.05) is 0 Å². The topological polar surface area (TPSA) is 56.3 Å². The monoisotopic (exact) mass is 331 g/mol. The van der Waals surface area contributed by atoms with E-state index in [0.717, 1.165) is 6.26 Å². The van der Waals surface area contributed by atoms with Gasteiger partial charge in [-0.15, -0.1) is 0 Å². The molecule has 4 nitrogen and oxygen atoms in total. The van der Waals surface area contributed by atoms with E-state index < -0.39 is 9.84 Å². The van der Waals surface area contributed by atoms with Gasteiger partial charge in [-0.3, -0.25) is 0 Å². The van der Waals surface area contributed by atoms with Gasteiger partial charge in [0.1, 0.15) is 17.5 Å². The molecule has 0 aliphatic rings. The van der Waals surface area contributed by atoms with E-state index in [2.05, 4.69) is 4.98 Å². The number of halogens is 2. The summed E-state index contributed by atoms with van der Waals surface area (Å²) in [5.41, 5.74) is 0.697. The van der Waals surface area contributed by atoms with Gasteiger partial charge in [-0.05, 0) is 30.3 Å². The molecule has 0 fully saturated rings. The highest BCUT2D eigenvalue weighted by molar-refractivity contribution is 7.90. The molecule has 0 N–H and O–H groups in total. The van der Waals surface area contributed by atoms with Crippen molar-refractivity contribution in [2.45, 2.75) is 11.5 Å². The largest absolute Gasteiger partial charge is 0.489 e. The van der Waals surface area contributed by atoms with Crippen molar-refractivity contribution in [2.24, 2.45) is 0 Å². The van der Waals surface area contributed by atoms with Crippen LogP contribution in [0, 0.1) is 0 Å². The standard InChI is InChI=1S/C13H11Cl2NO3S/c1-20(17,18)11-4-2-10(3-5-11)19-8-9-7-16-13(15)6-12(9)14/h2-7H,8H2,1H3. The van der Waals surface area contributed by atoms with Gasteiger partial charge in [0.25, 0.3) is 0 Å².